The van der Waals surface area contributed by atoms with Crippen LogP contribution in [0.25, 0.3) is 0 Å². The lowest BCUT2D eigenvalue weighted by atomic mass is 10.2. The van der Waals surface area contributed by atoms with Gasteiger partial charge >= 0.3 is 6.18 Å². The smallest absolute Gasteiger partial charge is 0.323 e. The van der Waals surface area contributed by atoms with Gasteiger partial charge in [-0.2, -0.15) is 23.5 Å². The van der Waals surface area contributed by atoms with E-state index in [-0.39, 0.29) is 11.5 Å². The normalized spacial score (nSPS) is 15.5. The van der Waals surface area contributed by atoms with Crippen LogP contribution in [-0.4, -0.2) is 15.7 Å². The Hall–Kier alpha value is -2.82. The van der Waals surface area contributed by atoms with E-state index in [1.54, 1.807) is 24.3 Å². The van der Waals surface area contributed by atoms with Gasteiger partial charge in [-0.15, -0.1) is 0 Å². The van der Waals surface area contributed by atoms with E-state index in [9.17, 15) is 18.0 Å². The molecule has 1 aliphatic carbocycles. The minimum absolute atomic E-state index is 0.00486. The molecule has 0 saturated heterocycles. The predicted octanol–water partition coefficient (Wildman–Crippen LogP) is 3.85. The average Bonchev–Trinajstić information content (AvgIpc) is 3.31. The molecule has 0 spiro atoms. The minimum Gasteiger partial charge on any atom is -0.323 e. The molecule has 0 radical (unpaired) electrons. The van der Waals surface area contributed by atoms with Crippen LogP contribution in [0.15, 0.2) is 30.3 Å². The van der Waals surface area contributed by atoms with Crippen LogP contribution in [0.4, 0.5) is 18.9 Å². The molecule has 1 aliphatic rings. The van der Waals surface area contributed by atoms with Crippen molar-refractivity contribution in [2.75, 3.05) is 5.32 Å². The Morgan fingerprint density at radius 3 is 2.68 bits per heavy atom. The van der Waals surface area contributed by atoms with Crippen LogP contribution < -0.4 is 5.32 Å². The van der Waals surface area contributed by atoms with E-state index in [1.165, 1.54) is 6.92 Å². The molecule has 25 heavy (non-hydrogen) atoms. The third kappa shape index (κ3) is 3.50. The summed E-state index contributed by atoms with van der Waals surface area (Å²) in [6, 6.07) is 8.47. The maximum atomic E-state index is 13.0. The Morgan fingerprint density at radius 1 is 1.40 bits per heavy atom. The fourth-order valence-electron chi connectivity index (χ4n) is 2.58. The van der Waals surface area contributed by atoms with Crippen LogP contribution in [0.2, 0.25) is 0 Å². The molecule has 130 valence electrons. The van der Waals surface area contributed by atoms with Gasteiger partial charge in [-0.3, -0.25) is 9.48 Å². The van der Waals surface area contributed by atoms with Crippen molar-refractivity contribution in [1.29, 1.82) is 5.26 Å². The van der Waals surface area contributed by atoms with E-state index >= 15 is 0 Å². The van der Waals surface area contributed by atoms with Crippen molar-refractivity contribution in [1.82, 2.24) is 9.78 Å². The number of nitrogens with one attached hydrogen (secondary N) is 1. The lowest BCUT2D eigenvalue weighted by Gasteiger charge is -2.16. The van der Waals surface area contributed by atoms with Crippen LogP contribution >= 0.6 is 0 Å². The zero-order valence-electron chi connectivity index (χ0n) is 13.3. The molecule has 1 N–H and O–H groups in total. The van der Waals surface area contributed by atoms with Gasteiger partial charge in [0, 0.05) is 11.6 Å². The third-order valence-electron chi connectivity index (χ3n) is 4.10. The fraction of sp³-hybridized carbons (Fsp3) is 0.353. The summed E-state index contributed by atoms with van der Waals surface area (Å²) >= 11 is 0. The molecule has 5 nitrogen and oxygen atoms in total. The van der Waals surface area contributed by atoms with Crippen molar-refractivity contribution in [3.8, 4) is 6.07 Å². The molecule has 1 aromatic carbocycles. The number of hydrogen-bond donors (Lipinski definition) is 1. The molecule has 1 heterocycles. The number of anilines is 1. The third-order valence-corrected chi connectivity index (χ3v) is 4.10. The van der Waals surface area contributed by atoms with Crippen molar-refractivity contribution in [3.63, 3.8) is 0 Å². The zero-order chi connectivity index (χ0) is 18.2. The van der Waals surface area contributed by atoms with Crippen molar-refractivity contribution in [3.05, 3.63) is 47.3 Å². The summed E-state index contributed by atoms with van der Waals surface area (Å²) in [5.41, 5.74) is 0.0231. The predicted molar refractivity (Wildman–Crippen MR) is 83.7 cm³/mol. The van der Waals surface area contributed by atoms with E-state index < -0.39 is 23.8 Å². The first-order valence-electron chi connectivity index (χ1n) is 7.78. The molecule has 1 unspecified atom stereocenters. The topological polar surface area (TPSA) is 70.7 Å². The lowest BCUT2D eigenvalue weighted by molar-refractivity contribution is -0.141. The molecule has 2 aromatic rings. The number of nitrogens with zero attached hydrogens (tertiary/aromatic N) is 3. The monoisotopic (exact) mass is 348 g/mol. The quantitative estimate of drug-likeness (QED) is 0.912. The lowest BCUT2D eigenvalue weighted by Crippen LogP contribution is -2.26. The first kappa shape index (κ1) is 17.0. The molecule has 0 bridgehead atoms. The number of hydrogen-bond acceptors (Lipinski definition) is 3. The fourth-order valence-corrected chi connectivity index (χ4v) is 2.58. The van der Waals surface area contributed by atoms with E-state index in [4.69, 9.17) is 5.26 Å². The van der Waals surface area contributed by atoms with Gasteiger partial charge in [0.1, 0.15) is 12.1 Å². The molecule has 8 heteroatoms. The molecule has 1 amide bonds. The first-order valence-corrected chi connectivity index (χ1v) is 7.78. The van der Waals surface area contributed by atoms with E-state index in [0.29, 0.717) is 11.4 Å². The Bertz CT molecular complexity index is 846. The number of alkyl halides is 3. The van der Waals surface area contributed by atoms with Gasteiger partial charge in [-0.25, -0.2) is 0 Å². The van der Waals surface area contributed by atoms with Crippen LogP contribution in [0, 0.1) is 11.3 Å². The largest absolute Gasteiger partial charge is 0.435 e. The number of halogens is 3. The molecular formula is C17H15F3N4O. The first-order chi connectivity index (χ1) is 11.8. The minimum atomic E-state index is -4.56. The number of aromatic nitrogens is 2. The van der Waals surface area contributed by atoms with Crippen molar-refractivity contribution < 1.29 is 18.0 Å². The van der Waals surface area contributed by atoms with Crippen molar-refractivity contribution in [2.24, 2.45) is 0 Å². The van der Waals surface area contributed by atoms with Gasteiger partial charge in [0.25, 0.3) is 0 Å². The Morgan fingerprint density at radius 2 is 2.08 bits per heavy atom. The number of para-hydroxylation sites is 1. The molecule has 1 saturated carbocycles. The van der Waals surface area contributed by atoms with Gasteiger partial charge in [-0.1, -0.05) is 12.1 Å². The Labute approximate surface area is 142 Å². The summed E-state index contributed by atoms with van der Waals surface area (Å²) in [7, 11) is 0. The SMILES string of the molecule is CC(C(=O)Nc1ccccc1C#N)n1nc(C(F)(F)F)cc1C1CC1. The molecule has 1 aromatic heterocycles. The van der Waals surface area contributed by atoms with Gasteiger partial charge in [-0.05, 0) is 38.0 Å². The van der Waals surface area contributed by atoms with E-state index in [0.717, 1.165) is 23.6 Å². The van der Waals surface area contributed by atoms with Gasteiger partial charge in [0.05, 0.1) is 11.3 Å². The van der Waals surface area contributed by atoms with Crippen LogP contribution in [-0.2, 0) is 11.0 Å². The van der Waals surface area contributed by atoms with Crippen LogP contribution in [0.1, 0.15) is 48.7 Å². The summed E-state index contributed by atoms with van der Waals surface area (Å²) in [5.74, 6) is -0.522. The summed E-state index contributed by atoms with van der Waals surface area (Å²) in [6.45, 7) is 1.49. The highest BCUT2D eigenvalue weighted by atomic mass is 19.4. The standard InChI is InChI=1S/C17H15F3N4O/c1-10(16(25)22-13-5-3-2-4-12(13)9-21)24-14(11-6-7-11)8-15(23-24)17(18,19)20/h2-5,8,10-11H,6-7H2,1H3,(H,22,25). The molecule has 1 fully saturated rings. The summed E-state index contributed by atoms with van der Waals surface area (Å²) in [4.78, 5) is 12.5. The summed E-state index contributed by atoms with van der Waals surface area (Å²) in [6.07, 6.45) is -2.98. The summed E-state index contributed by atoms with van der Waals surface area (Å²) < 4.78 is 40.0. The average molecular weight is 348 g/mol. The number of nitriles is 1. The molecular weight excluding hydrogens is 333 g/mol. The van der Waals surface area contributed by atoms with E-state index in [1.807, 2.05) is 6.07 Å². The second kappa shape index (κ2) is 6.24. The zero-order valence-corrected chi connectivity index (χ0v) is 13.3. The van der Waals surface area contributed by atoms with Crippen LogP contribution in [0.5, 0.6) is 0 Å². The molecule has 1 atom stereocenters. The highest BCUT2D eigenvalue weighted by molar-refractivity contribution is 5.94. The number of benzene rings is 1. The van der Waals surface area contributed by atoms with Crippen molar-refractivity contribution in [2.45, 2.75) is 37.9 Å². The number of amides is 1. The second-order valence-electron chi connectivity index (χ2n) is 5.99. The summed E-state index contributed by atoms with van der Waals surface area (Å²) in [5, 5.41) is 15.3. The molecule has 3 rings (SSSR count). The highest BCUT2D eigenvalue weighted by Gasteiger charge is 2.39. The Balaban J connectivity index is 1.87. The number of carbonyl (C=O) groups excluding carboxylic acids is 1. The highest BCUT2D eigenvalue weighted by Crippen LogP contribution is 2.43. The number of carbonyl (C=O) groups is 1. The van der Waals surface area contributed by atoms with Crippen LogP contribution in [0.3, 0.4) is 0 Å². The van der Waals surface area contributed by atoms with Gasteiger partial charge in [0.2, 0.25) is 5.91 Å². The number of rotatable bonds is 4. The van der Waals surface area contributed by atoms with Gasteiger partial charge in [0.15, 0.2) is 5.69 Å². The Kier molecular flexibility index (Phi) is 4.25. The second-order valence-corrected chi connectivity index (χ2v) is 5.99. The molecule has 0 aliphatic heterocycles. The maximum absolute atomic E-state index is 13.0. The van der Waals surface area contributed by atoms with Gasteiger partial charge < -0.3 is 5.32 Å². The van der Waals surface area contributed by atoms with E-state index in [2.05, 4.69) is 10.4 Å². The van der Waals surface area contributed by atoms with Crippen molar-refractivity contribution >= 4 is 11.6 Å². The maximum Gasteiger partial charge on any atom is 0.435 e.